The van der Waals surface area contributed by atoms with Crippen molar-refractivity contribution in [2.45, 2.75) is 154 Å². The summed E-state index contributed by atoms with van der Waals surface area (Å²) >= 11 is 0. The summed E-state index contributed by atoms with van der Waals surface area (Å²) in [6.07, 6.45) is 39.1. The molecule has 0 bridgehead atoms. The van der Waals surface area contributed by atoms with Gasteiger partial charge in [0, 0.05) is 6.42 Å². The van der Waals surface area contributed by atoms with Crippen molar-refractivity contribution in [3.8, 4) is 0 Å². The van der Waals surface area contributed by atoms with Crippen LogP contribution in [0, 0.1) is 0 Å². The van der Waals surface area contributed by atoms with Crippen molar-refractivity contribution in [3.05, 3.63) is 48.6 Å². The minimum absolute atomic E-state index is 0.0870. The second-order valence-corrected chi connectivity index (χ2v) is 10.5. The van der Waals surface area contributed by atoms with Crippen molar-refractivity contribution in [2.75, 3.05) is 6.61 Å². The van der Waals surface area contributed by atoms with E-state index in [0.717, 1.165) is 44.9 Å². The van der Waals surface area contributed by atoms with Gasteiger partial charge in [-0.3, -0.25) is 4.79 Å². The number of rotatable bonds is 27. The van der Waals surface area contributed by atoms with Gasteiger partial charge in [-0.25, -0.2) is 0 Å². The Morgan fingerprint density at radius 1 is 0.632 bits per heavy atom. The summed E-state index contributed by atoms with van der Waals surface area (Å²) in [5.74, 6) is -0.0870. The van der Waals surface area contributed by atoms with Crippen LogP contribution in [0.25, 0.3) is 0 Å². The van der Waals surface area contributed by atoms with Crippen LogP contribution in [0.3, 0.4) is 0 Å². The number of hydrogen-bond donors (Lipinski definition) is 3. The molecule has 4 heteroatoms. The van der Waals surface area contributed by atoms with Crippen LogP contribution in [0.1, 0.15) is 142 Å². The molecule has 2 unspecified atom stereocenters. The summed E-state index contributed by atoms with van der Waals surface area (Å²) in [6, 6.07) is -0.637. The van der Waals surface area contributed by atoms with E-state index in [-0.39, 0.29) is 12.5 Å². The number of unbranched alkanes of at least 4 members (excludes halogenated alkanes) is 14. The molecule has 0 aliphatic heterocycles. The minimum Gasteiger partial charge on any atom is -0.394 e. The van der Waals surface area contributed by atoms with Gasteiger partial charge in [0.05, 0.1) is 18.8 Å². The summed E-state index contributed by atoms with van der Waals surface area (Å²) in [5, 5.41) is 22.6. The number of allylic oxidation sites excluding steroid dienone is 7. The van der Waals surface area contributed by atoms with Crippen LogP contribution in [-0.2, 0) is 4.79 Å². The highest BCUT2D eigenvalue weighted by molar-refractivity contribution is 5.76. The maximum atomic E-state index is 12.2. The van der Waals surface area contributed by atoms with Gasteiger partial charge in [-0.2, -0.15) is 0 Å². The van der Waals surface area contributed by atoms with E-state index in [9.17, 15) is 15.0 Å². The third-order valence-electron chi connectivity index (χ3n) is 6.77. The van der Waals surface area contributed by atoms with Crippen LogP contribution in [0.2, 0.25) is 0 Å². The zero-order valence-corrected chi connectivity index (χ0v) is 24.9. The second-order valence-electron chi connectivity index (χ2n) is 10.5. The maximum absolute atomic E-state index is 12.2. The maximum Gasteiger partial charge on any atom is 0.220 e. The molecule has 0 spiro atoms. The molecule has 0 aromatic rings. The molecule has 0 fully saturated rings. The lowest BCUT2D eigenvalue weighted by molar-refractivity contribution is -0.123. The van der Waals surface area contributed by atoms with Crippen LogP contribution in [0.4, 0.5) is 0 Å². The third-order valence-corrected chi connectivity index (χ3v) is 6.77. The smallest absolute Gasteiger partial charge is 0.220 e. The highest BCUT2D eigenvalue weighted by Crippen LogP contribution is 2.12. The van der Waals surface area contributed by atoms with Crippen molar-refractivity contribution < 1.29 is 15.0 Å². The zero-order chi connectivity index (χ0) is 27.9. The molecule has 0 heterocycles. The Labute approximate surface area is 235 Å². The Bertz CT molecular complexity index is 623. The lowest BCUT2D eigenvalue weighted by atomic mass is 10.1. The fourth-order valence-electron chi connectivity index (χ4n) is 4.29. The average molecular weight is 532 g/mol. The van der Waals surface area contributed by atoms with E-state index in [2.05, 4.69) is 55.6 Å². The Morgan fingerprint density at radius 3 is 1.76 bits per heavy atom. The highest BCUT2D eigenvalue weighted by atomic mass is 16.3. The SMILES string of the molecule is CCC/C=C/CC/C=C/C(O)C(CO)NC(=O)CCCCCCCCCCC/C=C\C/C=C\CCCCC. The Morgan fingerprint density at radius 2 is 1.16 bits per heavy atom. The highest BCUT2D eigenvalue weighted by Gasteiger charge is 2.17. The molecule has 0 aromatic carbocycles. The summed E-state index contributed by atoms with van der Waals surface area (Å²) in [4.78, 5) is 12.2. The molecule has 38 heavy (non-hydrogen) atoms. The van der Waals surface area contributed by atoms with Gasteiger partial charge < -0.3 is 15.5 Å². The second kappa shape index (κ2) is 29.9. The van der Waals surface area contributed by atoms with E-state index in [1.807, 2.05) is 6.08 Å². The molecule has 0 radical (unpaired) electrons. The molecule has 4 nitrogen and oxygen atoms in total. The summed E-state index contributed by atoms with van der Waals surface area (Å²) in [7, 11) is 0. The van der Waals surface area contributed by atoms with E-state index < -0.39 is 12.1 Å². The quantitative estimate of drug-likeness (QED) is 0.0732. The number of carbonyl (C=O) groups is 1. The van der Waals surface area contributed by atoms with Crippen LogP contribution in [0.15, 0.2) is 48.6 Å². The first-order chi connectivity index (χ1) is 18.7. The van der Waals surface area contributed by atoms with E-state index in [0.29, 0.717) is 6.42 Å². The predicted octanol–water partition coefficient (Wildman–Crippen LogP) is 8.89. The van der Waals surface area contributed by atoms with E-state index in [1.165, 1.54) is 77.0 Å². The zero-order valence-electron chi connectivity index (χ0n) is 24.9. The largest absolute Gasteiger partial charge is 0.394 e. The number of aliphatic hydroxyl groups excluding tert-OH is 2. The normalized spacial score (nSPS) is 13.9. The fraction of sp³-hybridized carbons (Fsp3) is 0.735. The number of nitrogens with one attached hydrogen (secondary N) is 1. The number of carbonyl (C=O) groups excluding carboxylic acids is 1. The molecular weight excluding hydrogens is 470 g/mol. The van der Waals surface area contributed by atoms with Gasteiger partial charge in [-0.05, 0) is 57.8 Å². The Hall–Kier alpha value is -1.65. The van der Waals surface area contributed by atoms with Crippen LogP contribution in [-0.4, -0.2) is 34.9 Å². The van der Waals surface area contributed by atoms with E-state index >= 15 is 0 Å². The monoisotopic (exact) mass is 531 g/mol. The molecule has 0 rings (SSSR count). The Kier molecular flexibility index (Phi) is 28.6. The molecule has 220 valence electrons. The molecule has 0 saturated heterocycles. The van der Waals surface area contributed by atoms with Gasteiger partial charge in [0.2, 0.25) is 5.91 Å². The van der Waals surface area contributed by atoms with Crippen LogP contribution >= 0.6 is 0 Å². The summed E-state index contributed by atoms with van der Waals surface area (Å²) in [6.45, 7) is 4.14. The van der Waals surface area contributed by atoms with Crippen molar-refractivity contribution in [3.63, 3.8) is 0 Å². The van der Waals surface area contributed by atoms with Gasteiger partial charge in [-0.1, -0.05) is 127 Å². The Balaban J connectivity index is 3.62. The van der Waals surface area contributed by atoms with Gasteiger partial charge >= 0.3 is 0 Å². The van der Waals surface area contributed by atoms with Crippen LogP contribution < -0.4 is 5.32 Å². The first-order valence-electron chi connectivity index (χ1n) is 15.9. The average Bonchev–Trinajstić information content (AvgIpc) is 2.92. The minimum atomic E-state index is -0.859. The molecular formula is C34H61NO3. The van der Waals surface area contributed by atoms with Crippen molar-refractivity contribution in [1.82, 2.24) is 5.32 Å². The van der Waals surface area contributed by atoms with Gasteiger partial charge in [-0.15, -0.1) is 0 Å². The lowest BCUT2D eigenvalue weighted by Gasteiger charge is -2.19. The van der Waals surface area contributed by atoms with Crippen molar-refractivity contribution in [1.29, 1.82) is 0 Å². The molecule has 0 aliphatic carbocycles. The topological polar surface area (TPSA) is 69.6 Å². The van der Waals surface area contributed by atoms with E-state index in [1.54, 1.807) is 6.08 Å². The van der Waals surface area contributed by atoms with Gasteiger partial charge in [0.25, 0.3) is 0 Å². The summed E-state index contributed by atoms with van der Waals surface area (Å²) < 4.78 is 0. The van der Waals surface area contributed by atoms with Crippen LogP contribution in [0.5, 0.6) is 0 Å². The summed E-state index contributed by atoms with van der Waals surface area (Å²) in [5.41, 5.74) is 0. The molecule has 2 atom stereocenters. The molecule has 3 N–H and O–H groups in total. The van der Waals surface area contributed by atoms with Crippen molar-refractivity contribution >= 4 is 5.91 Å². The third kappa shape index (κ3) is 26.0. The molecule has 0 aromatic heterocycles. The fourth-order valence-corrected chi connectivity index (χ4v) is 4.29. The van der Waals surface area contributed by atoms with Gasteiger partial charge in [0.1, 0.15) is 0 Å². The van der Waals surface area contributed by atoms with E-state index in [4.69, 9.17) is 0 Å². The number of aliphatic hydroxyl groups is 2. The first-order valence-corrected chi connectivity index (χ1v) is 15.9. The molecule has 0 aliphatic rings. The standard InChI is InChI=1S/C34H61NO3/c1-3-5-7-9-11-12-13-14-15-16-17-18-19-20-21-22-24-26-28-30-34(38)35-32(31-36)33(37)29-27-25-23-10-8-6-4-2/h8,10-12,14-15,27,29,32-33,36-37H,3-7,9,13,16-26,28,30-31H2,1-2H3,(H,35,38)/b10-8+,12-11-,15-14-,29-27+. The first kappa shape index (κ1) is 36.4. The van der Waals surface area contributed by atoms with Crippen molar-refractivity contribution in [2.24, 2.45) is 0 Å². The number of hydrogen-bond acceptors (Lipinski definition) is 3. The van der Waals surface area contributed by atoms with Gasteiger partial charge in [0.15, 0.2) is 0 Å². The predicted molar refractivity (Wildman–Crippen MR) is 165 cm³/mol. The molecule has 0 saturated carbocycles. The number of amides is 1. The molecule has 1 amide bonds. The lowest BCUT2D eigenvalue weighted by Crippen LogP contribution is -2.45.